The molecule has 25 heavy (non-hydrogen) atoms. The average molecular weight is 329 g/mol. The number of nitrogens with two attached hydrogens (primary N) is 1. The Kier molecular flexibility index (Phi) is 3.75. The zero-order valence-electron chi connectivity index (χ0n) is 14.0. The number of nitrogen functional groups attached to an aromatic ring is 1. The molecular formula is C21H19N3O. The second-order valence-corrected chi connectivity index (χ2v) is 6.22. The third-order valence-corrected chi connectivity index (χ3v) is 4.74. The van der Waals surface area contributed by atoms with Gasteiger partial charge in [-0.05, 0) is 35.4 Å². The molecule has 124 valence electrons. The molecule has 0 unspecified atom stereocenters. The van der Waals surface area contributed by atoms with Gasteiger partial charge in [0, 0.05) is 23.1 Å². The molecule has 0 saturated heterocycles. The van der Waals surface area contributed by atoms with Gasteiger partial charge in [0.2, 0.25) is 0 Å². The summed E-state index contributed by atoms with van der Waals surface area (Å²) in [5.41, 5.74) is 6.05. The molecule has 0 fully saturated rings. The Morgan fingerprint density at radius 3 is 2.52 bits per heavy atom. The lowest BCUT2D eigenvalue weighted by atomic mass is 10.1. The van der Waals surface area contributed by atoms with Gasteiger partial charge in [-0.1, -0.05) is 54.6 Å². The molecule has 3 N–H and O–H groups in total. The van der Waals surface area contributed by atoms with Crippen LogP contribution in [0.2, 0.25) is 0 Å². The van der Waals surface area contributed by atoms with Crippen LogP contribution in [0.5, 0.6) is 0 Å². The summed E-state index contributed by atoms with van der Waals surface area (Å²) in [6.07, 6.45) is 0. The number of aromatic nitrogens is 1. The molecule has 0 aliphatic carbocycles. The summed E-state index contributed by atoms with van der Waals surface area (Å²) in [4.78, 5) is 12.2. The highest BCUT2D eigenvalue weighted by atomic mass is 16.2. The molecular weight excluding hydrogens is 310 g/mol. The number of rotatable bonds is 3. The predicted molar refractivity (Wildman–Crippen MR) is 101 cm³/mol. The van der Waals surface area contributed by atoms with Crippen molar-refractivity contribution < 1.29 is 4.79 Å². The number of nitrogens with one attached hydrogen (secondary N) is 1. The van der Waals surface area contributed by atoms with E-state index in [1.807, 2.05) is 43.3 Å². The number of carbonyl (C=O) groups excluding carboxylic acids is 1. The van der Waals surface area contributed by atoms with Crippen LogP contribution in [0.4, 0.5) is 0 Å². The first kappa shape index (κ1) is 15.4. The third-order valence-electron chi connectivity index (χ3n) is 4.74. The number of nitrogens with zero attached hydrogens (tertiary/aromatic N) is 1. The van der Waals surface area contributed by atoms with Gasteiger partial charge in [0.25, 0.3) is 5.91 Å². The van der Waals surface area contributed by atoms with Crippen molar-refractivity contribution in [1.82, 2.24) is 9.99 Å². The molecule has 0 aliphatic rings. The minimum absolute atomic E-state index is 0.258. The molecule has 4 rings (SSSR count). The van der Waals surface area contributed by atoms with Crippen molar-refractivity contribution in [2.45, 2.75) is 13.5 Å². The Labute approximate surface area is 145 Å². The van der Waals surface area contributed by atoms with Crippen LogP contribution in [-0.2, 0) is 6.54 Å². The van der Waals surface area contributed by atoms with Crippen molar-refractivity contribution in [1.29, 1.82) is 0 Å². The van der Waals surface area contributed by atoms with E-state index in [0.29, 0.717) is 12.1 Å². The molecule has 4 aromatic rings. The van der Waals surface area contributed by atoms with Crippen LogP contribution in [0, 0.1) is 6.92 Å². The van der Waals surface area contributed by atoms with E-state index in [2.05, 4.69) is 40.3 Å². The first-order valence-electron chi connectivity index (χ1n) is 8.25. The van der Waals surface area contributed by atoms with Gasteiger partial charge in [-0.25, -0.2) is 5.84 Å². The van der Waals surface area contributed by atoms with Gasteiger partial charge in [0.1, 0.15) is 0 Å². The summed E-state index contributed by atoms with van der Waals surface area (Å²) in [5.74, 6) is 5.12. The maximum Gasteiger partial charge on any atom is 0.267 e. The maximum absolute atomic E-state index is 12.2. The highest BCUT2D eigenvalue weighted by Gasteiger charge is 2.19. The lowest BCUT2D eigenvalue weighted by Gasteiger charge is -2.10. The Morgan fingerprint density at radius 2 is 1.72 bits per heavy atom. The highest BCUT2D eigenvalue weighted by Crippen LogP contribution is 2.27. The number of hydrogen-bond donors (Lipinski definition) is 2. The summed E-state index contributed by atoms with van der Waals surface area (Å²) in [6.45, 7) is 2.67. The summed E-state index contributed by atoms with van der Waals surface area (Å²) in [5, 5.41) is 3.36. The van der Waals surface area contributed by atoms with Crippen molar-refractivity contribution in [3.05, 3.63) is 83.6 Å². The average Bonchev–Trinajstić information content (AvgIpc) is 2.93. The molecule has 0 aliphatic heterocycles. The van der Waals surface area contributed by atoms with Crippen molar-refractivity contribution >= 4 is 27.6 Å². The standard InChI is InChI=1S/C21H19N3O/c1-14-20(21(25)23-22)18-8-4-5-9-19(18)24(14)13-15-10-11-16-6-2-3-7-17(16)12-15/h2-12H,13,22H2,1H3,(H,23,25). The Balaban J connectivity index is 1.85. The highest BCUT2D eigenvalue weighted by molar-refractivity contribution is 6.08. The van der Waals surface area contributed by atoms with Gasteiger partial charge >= 0.3 is 0 Å². The molecule has 0 atom stereocenters. The monoisotopic (exact) mass is 329 g/mol. The SMILES string of the molecule is Cc1c(C(=O)NN)c2ccccc2n1Cc1ccc2ccccc2c1. The first-order chi connectivity index (χ1) is 12.2. The van der Waals surface area contributed by atoms with E-state index >= 15 is 0 Å². The van der Waals surface area contributed by atoms with Gasteiger partial charge in [0.15, 0.2) is 0 Å². The molecule has 4 heteroatoms. The van der Waals surface area contributed by atoms with E-state index in [4.69, 9.17) is 5.84 Å². The van der Waals surface area contributed by atoms with Crippen LogP contribution in [0.3, 0.4) is 0 Å². The van der Waals surface area contributed by atoms with Crippen LogP contribution >= 0.6 is 0 Å². The lowest BCUT2D eigenvalue weighted by Crippen LogP contribution is -2.30. The van der Waals surface area contributed by atoms with Crippen LogP contribution < -0.4 is 11.3 Å². The van der Waals surface area contributed by atoms with Crippen molar-refractivity contribution in [3.63, 3.8) is 0 Å². The van der Waals surface area contributed by atoms with Gasteiger partial charge in [-0.2, -0.15) is 0 Å². The van der Waals surface area contributed by atoms with E-state index < -0.39 is 0 Å². The zero-order chi connectivity index (χ0) is 17.4. The molecule has 1 aromatic heterocycles. The molecule has 0 saturated carbocycles. The van der Waals surface area contributed by atoms with Gasteiger partial charge in [-0.15, -0.1) is 0 Å². The second kappa shape index (κ2) is 6.07. The van der Waals surface area contributed by atoms with Gasteiger partial charge < -0.3 is 4.57 Å². The number of para-hydroxylation sites is 1. The fourth-order valence-corrected chi connectivity index (χ4v) is 3.51. The van der Waals surface area contributed by atoms with Gasteiger partial charge in [0.05, 0.1) is 5.56 Å². The van der Waals surface area contributed by atoms with Gasteiger partial charge in [-0.3, -0.25) is 10.2 Å². The number of amides is 1. The van der Waals surface area contributed by atoms with Crippen LogP contribution in [0.15, 0.2) is 66.7 Å². The fourth-order valence-electron chi connectivity index (χ4n) is 3.51. The van der Waals surface area contributed by atoms with E-state index in [-0.39, 0.29) is 5.91 Å². The van der Waals surface area contributed by atoms with Crippen molar-refractivity contribution in [2.75, 3.05) is 0 Å². The molecule has 0 bridgehead atoms. The van der Waals surface area contributed by atoms with Crippen LogP contribution in [-0.4, -0.2) is 10.5 Å². The van der Waals surface area contributed by atoms with Crippen LogP contribution in [0.25, 0.3) is 21.7 Å². The third kappa shape index (κ3) is 2.57. The summed E-state index contributed by atoms with van der Waals surface area (Å²) in [7, 11) is 0. The minimum Gasteiger partial charge on any atom is -0.340 e. The summed E-state index contributed by atoms with van der Waals surface area (Å²) in [6, 6.07) is 22.7. The summed E-state index contributed by atoms with van der Waals surface area (Å²) >= 11 is 0. The summed E-state index contributed by atoms with van der Waals surface area (Å²) < 4.78 is 2.17. The van der Waals surface area contributed by atoms with E-state index in [9.17, 15) is 4.79 Å². The topological polar surface area (TPSA) is 60.1 Å². The largest absolute Gasteiger partial charge is 0.340 e. The van der Waals surface area contributed by atoms with E-state index in [1.165, 1.54) is 16.3 Å². The second-order valence-electron chi connectivity index (χ2n) is 6.22. The number of fused-ring (bicyclic) bond motifs is 2. The number of hydrogen-bond acceptors (Lipinski definition) is 2. The van der Waals surface area contributed by atoms with Crippen LogP contribution in [0.1, 0.15) is 21.6 Å². The smallest absolute Gasteiger partial charge is 0.267 e. The number of carbonyl (C=O) groups is 1. The Bertz CT molecular complexity index is 1090. The molecule has 0 radical (unpaired) electrons. The van der Waals surface area contributed by atoms with Crippen molar-refractivity contribution in [2.24, 2.45) is 5.84 Å². The normalized spacial score (nSPS) is 11.1. The maximum atomic E-state index is 12.2. The molecule has 1 heterocycles. The minimum atomic E-state index is -0.258. The van der Waals surface area contributed by atoms with Crippen molar-refractivity contribution in [3.8, 4) is 0 Å². The molecule has 1 amide bonds. The number of benzene rings is 3. The molecule has 0 spiro atoms. The Hall–Kier alpha value is -3.11. The zero-order valence-corrected chi connectivity index (χ0v) is 14.0. The predicted octanol–water partition coefficient (Wildman–Crippen LogP) is 3.75. The quantitative estimate of drug-likeness (QED) is 0.342. The fraction of sp³-hybridized carbons (Fsp3) is 0.0952. The van der Waals surface area contributed by atoms with E-state index in [1.54, 1.807) is 0 Å². The Morgan fingerprint density at radius 1 is 1.00 bits per heavy atom. The first-order valence-corrected chi connectivity index (χ1v) is 8.25. The molecule has 3 aromatic carbocycles. The lowest BCUT2D eigenvalue weighted by molar-refractivity contribution is 0.0954. The molecule has 4 nitrogen and oxygen atoms in total. The number of hydrazine groups is 1. The van der Waals surface area contributed by atoms with E-state index in [0.717, 1.165) is 16.6 Å².